The molecule has 6 heteroatoms. The molecule has 1 amide bonds. The number of hydrogen-bond acceptors (Lipinski definition) is 4. The second-order valence-electron chi connectivity index (χ2n) is 5.36. The van der Waals surface area contributed by atoms with E-state index in [2.05, 4.69) is 10.3 Å². The van der Waals surface area contributed by atoms with Gasteiger partial charge >= 0.3 is 5.69 Å². The van der Waals surface area contributed by atoms with Gasteiger partial charge in [0.25, 0.3) is 0 Å². The molecule has 21 heavy (non-hydrogen) atoms. The van der Waals surface area contributed by atoms with Crippen molar-refractivity contribution in [3.05, 3.63) is 28.9 Å². The number of aromatic nitrogens is 2. The maximum atomic E-state index is 11.7. The lowest BCUT2D eigenvalue weighted by Crippen LogP contribution is -2.33. The molecule has 0 radical (unpaired) electrons. The lowest BCUT2D eigenvalue weighted by Gasteiger charge is -2.20. The number of carbonyl (C=O) groups excluding carboxylic acids is 1. The maximum Gasteiger partial charge on any atom is 0.347 e. The third-order valence-corrected chi connectivity index (χ3v) is 5.11. The fourth-order valence-electron chi connectivity index (χ4n) is 2.50. The quantitative estimate of drug-likeness (QED) is 0.780. The van der Waals surface area contributed by atoms with E-state index in [1.807, 2.05) is 11.8 Å². The van der Waals surface area contributed by atoms with Gasteiger partial charge in [-0.2, -0.15) is 11.8 Å². The Morgan fingerprint density at radius 2 is 2.19 bits per heavy atom. The summed E-state index contributed by atoms with van der Waals surface area (Å²) in [5, 5.41) is 3.68. The zero-order chi connectivity index (χ0) is 14.9. The van der Waals surface area contributed by atoms with Crippen LogP contribution < -0.4 is 11.0 Å². The predicted molar refractivity (Wildman–Crippen MR) is 85.5 cm³/mol. The van der Waals surface area contributed by atoms with Crippen LogP contribution in [0.5, 0.6) is 0 Å². The van der Waals surface area contributed by atoms with Gasteiger partial charge in [0.15, 0.2) is 0 Å². The van der Waals surface area contributed by atoms with Crippen LogP contribution in [0.1, 0.15) is 38.5 Å². The van der Waals surface area contributed by atoms with E-state index < -0.39 is 0 Å². The molecule has 0 aliphatic heterocycles. The van der Waals surface area contributed by atoms with Crippen LogP contribution in [0.2, 0.25) is 0 Å². The normalized spacial score (nSPS) is 15.8. The highest BCUT2D eigenvalue weighted by Crippen LogP contribution is 2.28. The summed E-state index contributed by atoms with van der Waals surface area (Å²) in [5.41, 5.74) is -0.388. The molecule has 2 rings (SSSR count). The van der Waals surface area contributed by atoms with E-state index >= 15 is 0 Å². The third kappa shape index (κ3) is 5.91. The molecule has 5 nitrogen and oxygen atoms in total. The van der Waals surface area contributed by atoms with Gasteiger partial charge in [-0.3, -0.25) is 9.36 Å². The highest BCUT2D eigenvalue weighted by molar-refractivity contribution is 7.99. The average Bonchev–Trinajstić information content (AvgIpc) is 2.50. The number of carbonyl (C=O) groups is 1. The molecular weight excluding hydrogens is 286 g/mol. The molecule has 0 atom stereocenters. The standard InChI is InChI=1S/C15H23N3O2S/c19-14(12-18-10-4-8-17-15(18)20)16-9-5-11-21-13-6-2-1-3-7-13/h4,8,10,13H,1-3,5-7,9,11-12H2,(H,16,19). The lowest BCUT2D eigenvalue weighted by atomic mass is 10.0. The van der Waals surface area contributed by atoms with Crippen LogP contribution in [0, 0.1) is 0 Å². The van der Waals surface area contributed by atoms with Crippen molar-refractivity contribution in [1.29, 1.82) is 0 Å². The molecule has 1 N–H and O–H groups in total. The first-order valence-electron chi connectivity index (χ1n) is 7.65. The van der Waals surface area contributed by atoms with Crippen LogP contribution in [-0.4, -0.2) is 33.0 Å². The Hall–Kier alpha value is -1.30. The molecule has 0 unspecified atom stereocenters. The van der Waals surface area contributed by atoms with Crippen molar-refractivity contribution in [2.75, 3.05) is 12.3 Å². The fourth-order valence-corrected chi connectivity index (χ4v) is 3.81. The third-order valence-electron chi connectivity index (χ3n) is 3.65. The van der Waals surface area contributed by atoms with Crippen LogP contribution in [0.25, 0.3) is 0 Å². The lowest BCUT2D eigenvalue weighted by molar-refractivity contribution is -0.121. The minimum atomic E-state index is -0.388. The van der Waals surface area contributed by atoms with Crippen LogP contribution in [0.15, 0.2) is 23.3 Å². The van der Waals surface area contributed by atoms with Crippen LogP contribution in [0.3, 0.4) is 0 Å². The molecule has 0 bridgehead atoms. The number of nitrogens with zero attached hydrogens (tertiary/aromatic N) is 2. The topological polar surface area (TPSA) is 64.0 Å². The van der Waals surface area contributed by atoms with Gasteiger partial charge in [0.2, 0.25) is 5.91 Å². The Kier molecular flexibility index (Phi) is 6.79. The Bertz CT molecular complexity index is 498. The monoisotopic (exact) mass is 309 g/mol. The van der Waals surface area contributed by atoms with Crippen molar-refractivity contribution in [3.63, 3.8) is 0 Å². The number of rotatable bonds is 7. The summed E-state index contributed by atoms with van der Waals surface area (Å²) in [6.45, 7) is 0.718. The summed E-state index contributed by atoms with van der Waals surface area (Å²) in [5.74, 6) is 0.963. The zero-order valence-corrected chi connectivity index (χ0v) is 13.1. The molecule has 1 fully saturated rings. The van der Waals surface area contributed by atoms with Gasteiger partial charge in [0.05, 0.1) is 0 Å². The summed E-state index contributed by atoms with van der Waals surface area (Å²) in [7, 11) is 0. The van der Waals surface area contributed by atoms with Gasteiger partial charge in [-0.05, 0) is 31.1 Å². The molecule has 1 aromatic heterocycles. The van der Waals surface area contributed by atoms with E-state index in [-0.39, 0.29) is 18.1 Å². The molecule has 1 aromatic rings. The van der Waals surface area contributed by atoms with E-state index in [1.54, 1.807) is 12.3 Å². The highest BCUT2D eigenvalue weighted by Gasteiger charge is 2.13. The number of amides is 1. The summed E-state index contributed by atoms with van der Waals surface area (Å²) in [4.78, 5) is 26.7. The van der Waals surface area contributed by atoms with Gasteiger partial charge in [-0.1, -0.05) is 19.3 Å². The molecule has 0 aromatic carbocycles. The zero-order valence-electron chi connectivity index (χ0n) is 12.3. The Balaban J connectivity index is 1.57. The van der Waals surface area contributed by atoms with Crippen molar-refractivity contribution < 1.29 is 4.79 Å². The molecule has 0 spiro atoms. The Morgan fingerprint density at radius 3 is 2.95 bits per heavy atom. The Labute approximate surface area is 129 Å². The van der Waals surface area contributed by atoms with E-state index in [4.69, 9.17) is 0 Å². The van der Waals surface area contributed by atoms with Gasteiger partial charge < -0.3 is 5.32 Å². The second kappa shape index (κ2) is 8.87. The van der Waals surface area contributed by atoms with Crippen molar-refractivity contribution in [2.45, 2.75) is 50.3 Å². The smallest absolute Gasteiger partial charge is 0.347 e. The summed E-state index contributed by atoms with van der Waals surface area (Å²) >= 11 is 2.04. The first kappa shape index (κ1) is 16.1. The van der Waals surface area contributed by atoms with Gasteiger partial charge in [0.1, 0.15) is 6.54 Å². The summed E-state index contributed by atoms with van der Waals surface area (Å²) in [6.07, 6.45) is 10.8. The summed E-state index contributed by atoms with van der Waals surface area (Å²) < 4.78 is 1.31. The first-order valence-corrected chi connectivity index (χ1v) is 8.70. The molecule has 116 valence electrons. The molecule has 1 heterocycles. The number of nitrogens with one attached hydrogen (secondary N) is 1. The number of hydrogen-bond donors (Lipinski definition) is 1. The fraction of sp³-hybridized carbons (Fsp3) is 0.667. The van der Waals surface area contributed by atoms with Crippen LogP contribution in [0.4, 0.5) is 0 Å². The predicted octanol–water partition coefficient (Wildman–Crippen LogP) is 1.82. The number of thioether (sulfide) groups is 1. The highest BCUT2D eigenvalue weighted by atomic mass is 32.2. The molecule has 1 aliphatic rings. The van der Waals surface area contributed by atoms with E-state index in [0.717, 1.165) is 17.4 Å². The van der Waals surface area contributed by atoms with E-state index in [9.17, 15) is 9.59 Å². The molecule has 1 saturated carbocycles. The van der Waals surface area contributed by atoms with Gasteiger partial charge in [-0.15, -0.1) is 0 Å². The minimum absolute atomic E-state index is 0.0441. The van der Waals surface area contributed by atoms with Crippen LogP contribution in [-0.2, 0) is 11.3 Å². The van der Waals surface area contributed by atoms with E-state index in [1.165, 1.54) is 42.9 Å². The molecule has 1 aliphatic carbocycles. The average molecular weight is 309 g/mol. The SMILES string of the molecule is O=C(Cn1cccnc1=O)NCCCSC1CCCCC1. The van der Waals surface area contributed by atoms with Crippen molar-refractivity contribution >= 4 is 17.7 Å². The molecule has 0 saturated heterocycles. The van der Waals surface area contributed by atoms with E-state index in [0.29, 0.717) is 6.54 Å². The maximum absolute atomic E-state index is 11.7. The van der Waals surface area contributed by atoms with Gasteiger partial charge in [0, 0.05) is 24.2 Å². The van der Waals surface area contributed by atoms with Crippen molar-refractivity contribution in [1.82, 2.24) is 14.9 Å². The minimum Gasteiger partial charge on any atom is -0.355 e. The second-order valence-corrected chi connectivity index (χ2v) is 6.77. The summed E-state index contributed by atoms with van der Waals surface area (Å²) in [6, 6.07) is 1.65. The largest absolute Gasteiger partial charge is 0.355 e. The van der Waals surface area contributed by atoms with Crippen molar-refractivity contribution in [2.24, 2.45) is 0 Å². The van der Waals surface area contributed by atoms with Crippen molar-refractivity contribution in [3.8, 4) is 0 Å². The first-order chi connectivity index (χ1) is 10.3. The molecular formula is C15H23N3O2S. The van der Waals surface area contributed by atoms with Gasteiger partial charge in [-0.25, -0.2) is 9.78 Å². The Morgan fingerprint density at radius 1 is 1.38 bits per heavy atom. The van der Waals surface area contributed by atoms with Crippen LogP contribution >= 0.6 is 11.8 Å².